The minimum Gasteiger partial charge on any atom is -0.488 e. The zero-order chi connectivity index (χ0) is 18.4. The van der Waals surface area contributed by atoms with Crippen LogP contribution in [-0.4, -0.2) is 27.6 Å². The lowest BCUT2D eigenvalue weighted by Gasteiger charge is -2.24. The third-order valence-electron chi connectivity index (χ3n) is 5.40. The second-order valence-corrected chi connectivity index (χ2v) is 8.81. The molecule has 2 aliphatic heterocycles. The van der Waals surface area contributed by atoms with Crippen LogP contribution in [-0.2, 0) is 10.0 Å². The number of piperidine rings is 1. The molecule has 3 aromatic rings. The van der Waals surface area contributed by atoms with E-state index in [-0.39, 0.29) is 11.0 Å². The van der Waals surface area contributed by atoms with Crippen LogP contribution in [0.2, 0.25) is 0 Å². The summed E-state index contributed by atoms with van der Waals surface area (Å²) in [6, 6.07) is 18.5. The number of fused-ring (bicyclic) bond motifs is 4. The van der Waals surface area contributed by atoms with Gasteiger partial charge in [-0.3, -0.25) is 4.72 Å². The summed E-state index contributed by atoms with van der Waals surface area (Å²) in [6.07, 6.45) is 1.14. The molecular weight excluding hydrogens is 360 g/mol. The van der Waals surface area contributed by atoms with E-state index in [1.807, 2.05) is 42.5 Å². The largest absolute Gasteiger partial charge is 0.488 e. The second kappa shape index (κ2) is 6.25. The van der Waals surface area contributed by atoms with E-state index in [0.29, 0.717) is 11.6 Å². The van der Waals surface area contributed by atoms with E-state index in [9.17, 15) is 8.42 Å². The average molecular weight is 380 g/mol. The Morgan fingerprint density at radius 1 is 1.00 bits per heavy atom. The summed E-state index contributed by atoms with van der Waals surface area (Å²) in [6.45, 7) is 1.79. The van der Waals surface area contributed by atoms with Crippen LogP contribution in [0.1, 0.15) is 17.9 Å². The highest BCUT2D eigenvalue weighted by Gasteiger charge is 2.36. The maximum absolute atomic E-state index is 12.9. The summed E-state index contributed by atoms with van der Waals surface area (Å²) < 4.78 is 34.5. The summed E-state index contributed by atoms with van der Waals surface area (Å²) in [7, 11) is -3.65. The Morgan fingerprint density at radius 2 is 1.85 bits per heavy atom. The molecule has 5 nitrogen and oxygen atoms in total. The van der Waals surface area contributed by atoms with Gasteiger partial charge in [0.15, 0.2) is 0 Å². The molecule has 1 fully saturated rings. The lowest BCUT2D eigenvalue weighted by atomic mass is 9.89. The topological polar surface area (TPSA) is 67.4 Å². The first kappa shape index (κ1) is 16.6. The van der Waals surface area contributed by atoms with E-state index in [4.69, 9.17) is 4.74 Å². The van der Waals surface area contributed by atoms with E-state index >= 15 is 0 Å². The maximum Gasteiger partial charge on any atom is 0.261 e. The normalized spacial score (nSPS) is 21.3. The van der Waals surface area contributed by atoms with Crippen molar-refractivity contribution in [1.82, 2.24) is 5.32 Å². The molecule has 0 saturated carbocycles. The van der Waals surface area contributed by atoms with Gasteiger partial charge in [0, 0.05) is 23.7 Å². The molecule has 138 valence electrons. The summed E-state index contributed by atoms with van der Waals surface area (Å²) in [5.41, 5.74) is 1.67. The fraction of sp³-hybridized carbons (Fsp3) is 0.238. The Bertz CT molecular complexity index is 1130. The summed E-state index contributed by atoms with van der Waals surface area (Å²) >= 11 is 0. The molecule has 2 atom stereocenters. The molecule has 1 saturated heterocycles. The number of sulfonamides is 1. The minimum absolute atomic E-state index is 0.140. The molecule has 2 N–H and O–H groups in total. The maximum atomic E-state index is 12.9. The van der Waals surface area contributed by atoms with Crippen molar-refractivity contribution in [3.8, 4) is 5.75 Å². The van der Waals surface area contributed by atoms with Gasteiger partial charge in [0.2, 0.25) is 0 Å². The molecule has 0 spiro atoms. The number of rotatable bonds is 3. The monoisotopic (exact) mass is 380 g/mol. The average Bonchev–Trinajstić information content (AvgIpc) is 3.05. The third-order valence-corrected chi connectivity index (χ3v) is 6.78. The minimum atomic E-state index is -3.65. The van der Waals surface area contributed by atoms with Crippen molar-refractivity contribution < 1.29 is 13.2 Å². The predicted octanol–water partition coefficient (Wildman–Crippen LogP) is 3.48. The first-order valence-corrected chi connectivity index (χ1v) is 10.6. The molecule has 6 heteroatoms. The van der Waals surface area contributed by atoms with Crippen molar-refractivity contribution in [2.45, 2.75) is 23.3 Å². The first-order chi connectivity index (χ1) is 13.1. The highest BCUT2D eigenvalue weighted by Crippen LogP contribution is 2.42. The van der Waals surface area contributed by atoms with Crippen molar-refractivity contribution in [3.63, 3.8) is 0 Å². The van der Waals surface area contributed by atoms with Gasteiger partial charge in [-0.25, -0.2) is 8.42 Å². The smallest absolute Gasteiger partial charge is 0.261 e. The lowest BCUT2D eigenvalue weighted by Crippen LogP contribution is -2.39. The van der Waals surface area contributed by atoms with Gasteiger partial charge in [-0.05, 0) is 54.1 Å². The van der Waals surface area contributed by atoms with Crippen LogP contribution < -0.4 is 14.8 Å². The molecule has 0 amide bonds. The Labute approximate surface area is 158 Å². The number of nitrogens with one attached hydrogen (secondary N) is 2. The number of benzene rings is 3. The SMILES string of the molecule is O=S(=O)(Nc1ccc2c(c1)C1CCNCC1O2)c1ccc2ccccc2c1. The molecule has 0 bridgehead atoms. The molecule has 2 aliphatic rings. The van der Waals surface area contributed by atoms with Gasteiger partial charge < -0.3 is 10.1 Å². The number of hydrogen-bond donors (Lipinski definition) is 2. The van der Waals surface area contributed by atoms with Gasteiger partial charge in [-0.1, -0.05) is 30.3 Å². The Hall–Kier alpha value is -2.57. The highest BCUT2D eigenvalue weighted by atomic mass is 32.2. The molecule has 3 aromatic carbocycles. The van der Waals surface area contributed by atoms with Gasteiger partial charge in [0.1, 0.15) is 11.9 Å². The Kier molecular flexibility index (Phi) is 3.84. The Morgan fingerprint density at radius 3 is 2.74 bits per heavy atom. The van der Waals surface area contributed by atoms with Crippen LogP contribution in [0.15, 0.2) is 65.6 Å². The van der Waals surface area contributed by atoms with E-state index < -0.39 is 10.0 Å². The third kappa shape index (κ3) is 2.95. The molecular formula is C21H20N2O3S. The van der Waals surface area contributed by atoms with E-state index in [2.05, 4.69) is 10.0 Å². The van der Waals surface area contributed by atoms with Crippen LogP contribution in [0.3, 0.4) is 0 Å². The quantitative estimate of drug-likeness (QED) is 0.730. The fourth-order valence-corrected chi connectivity index (χ4v) is 5.11. The van der Waals surface area contributed by atoms with Crippen LogP contribution in [0, 0.1) is 0 Å². The van der Waals surface area contributed by atoms with Crippen molar-refractivity contribution in [2.75, 3.05) is 17.8 Å². The van der Waals surface area contributed by atoms with E-state index in [1.54, 1.807) is 18.2 Å². The molecule has 5 rings (SSSR count). The van der Waals surface area contributed by atoms with Gasteiger partial charge in [-0.15, -0.1) is 0 Å². The summed E-state index contributed by atoms with van der Waals surface area (Å²) in [5, 5.41) is 5.26. The van der Waals surface area contributed by atoms with Gasteiger partial charge in [0.05, 0.1) is 4.90 Å². The molecule has 0 aromatic heterocycles. The molecule has 27 heavy (non-hydrogen) atoms. The second-order valence-electron chi connectivity index (χ2n) is 7.12. The molecule has 2 unspecified atom stereocenters. The number of anilines is 1. The Balaban J connectivity index is 1.46. The highest BCUT2D eigenvalue weighted by molar-refractivity contribution is 7.92. The summed E-state index contributed by atoms with van der Waals surface area (Å²) in [5.74, 6) is 1.19. The standard InChI is InChI=1S/C21H20N2O3S/c24-27(25,17-7-5-14-3-1-2-4-15(14)11-17)23-16-6-8-20-19(12-16)18-9-10-22-13-21(18)26-20/h1-8,11-12,18,21-23H,9-10,13H2. The van der Waals surface area contributed by atoms with Gasteiger partial charge in [-0.2, -0.15) is 0 Å². The van der Waals surface area contributed by atoms with E-state index in [0.717, 1.165) is 41.6 Å². The lowest BCUT2D eigenvalue weighted by molar-refractivity contribution is 0.177. The fourth-order valence-electron chi connectivity index (χ4n) is 4.03. The molecule has 0 radical (unpaired) electrons. The van der Waals surface area contributed by atoms with Gasteiger partial charge >= 0.3 is 0 Å². The van der Waals surface area contributed by atoms with Crippen molar-refractivity contribution in [2.24, 2.45) is 0 Å². The van der Waals surface area contributed by atoms with Crippen LogP contribution in [0.25, 0.3) is 10.8 Å². The molecule has 0 aliphatic carbocycles. The number of ether oxygens (including phenoxy) is 1. The van der Waals surface area contributed by atoms with Crippen molar-refractivity contribution >= 4 is 26.5 Å². The zero-order valence-corrected chi connectivity index (χ0v) is 15.5. The number of hydrogen-bond acceptors (Lipinski definition) is 4. The zero-order valence-electron chi connectivity index (χ0n) is 14.7. The van der Waals surface area contributed by atoms with Crippen LogP contribution in [0.4, 0.5) is 5.69 Å². The van der Waals surface area contributed by atoms with Crippen LogP contribution >= 0.6 is 0 Å². The summed E-state index contributed by atoms with van der Waals surface area (Å²) in [4.78, 5) is 0.262. The van der Waals surface area contributed by atoms with Crippen LogP contribution in [0.5, 0.6) is 5.75 Å². The van der Waals surface area contributed by atoms with E-state index in [1.165, 1.54) is 0 Å². The predicted molar refractivity (Wildman–Crippen MR) is 106 cm³/mol. The van der Waals surface area contributed by atoms with Crippen molar-refractivity contribution in [3.05, 3.63) is 66.2 Å². The molecule has 2 heterocycles. The van der Waals surface area contributed by atoms with Gasteiger partial charge in [0.25, 0.3) is 10.0 Å². The first-order valence-electron chi connectivity index (χ1n) is 9.13. The van der Waals surface area contributed by atoms with Crippen molar-refractivity contribution in [1.29, 1.82) is 0 Å².